The number of thioether (sulfide) groups is 1. The van der Waals surface area contributed by atoms with Crippen LogP contribution in [-0.2, 0) is 0 Å². The van der Waals surface area contributed by atoms with E-state index in [-0.39, 0.29) is 5.78 Å². The normalized spacial score (nSPS) is 9.73. The summed E-state index contributed by atoms with van der Waals surface area (Å²) in [5.41, 5.74) is 0.654. The van der Waals surface area contributed by atoms with Crippen molar-refractivity contribution in [3.8, 4) is 5.75 Å². The van der Waals surface area contributed by atoms with Crippen molar-refractivity contribution in [3.05, 3.63) is 41.3 Å². The summed E-state index contributed by atoms with van der Waals surface area (Å²) < 4.78 is 5.02. The van der Waals surface area contributed by atoms with Crippen LogP contribution >= 0.6 is 11.8 Å². The standard InChI is InChI=1S/C12H14O2S/c1-4-15-9(2)12(13)10-5-7-11(14-3)8-6-10/h5-8H,2,4H2,1,3H3. The number of hydrogen-bond acceptors (Lipinski definition) is 3. The van der Waals surface area contributed by atoms with Gasteiger partial charge >= 0.3 is 0 Å². The highest BCUT2D eigenvalue weighted by atomic mass is 32.2. The molecule has 1 aromatic carbocycles. The molecule has 0 aliphatic rings. The van der Waals surface area contributed by atoms with E-state index in [1.165, 1.54) is 11.8 Å². The molecule has 1 aromatic rings. The Morgan fingerprint density at radius 1 is 1.40 bits per heavy atom. The number of carbonyl (C=O) groups is 1. The lowest BCUT2D eigenvalue weighted by atomic mass is 10.1. The second-order valence-corrected chi connectivity index (χ2v) is 4.27. The molecule has 1 rings (SSSR count). The van der Waals surface area contributed by atoms with Gasteiger partial charge in [0.05, 0.1) is 7.11 Å². The Hall–Kier alpha value is -1.22. The summed E-state index contributed by atoms with van der Waals surface area (Å²) in [5.74, 6) is 1.60. The fourth-order valence-corrected chi connectivity index (χ4v) is 1.74. The Kier molecular flexibility index (Phi) is 4.43. The third-order valence-corrected chi connectivity index (χ3v) is 2.75. The molecule has 0 fully saturated rings. The molecule has 0 bridgehead atoms. The van der Waals surface area contributed by atoms with Crippen LogP contribution in [0.3, 0.4) is 0 Å². The molecule has 0 aromatic heterocycles. The van der Waals surface area contributed by atoms with Crippen molar-refractivity contribution < 1.29 is 9.53 Å². The third kappa shape index (κ3) is 3.13. The summed E-state index contributed by atoms with van der Waals surface area (Å²) in [7, 11) is 1.60. The first-order chi connectivity index (χ1) is 7.19. The Morgan fingerprint density at radius 2 is 2.00 bits per heavy atom. The SMILES string of the molecule is C=C(SCC)C(=O)c1ccc(OC)cc1. The highest BCUT2D eigenvalue weighted by Crippen LogP contribution is 2.20. The molecular formula is C12H14O2S. The molecule has 0 aliphatic heterocycles. The summed E-state index contributed by atoms with van der Waals surface area (Å²) in [6.07, 6.45) is 0. The van der Waals surface area contributed by atoms with Crippen molar-refractivity contribution in [2.45, 2.75) is 6.92 Å². The number of methoxy groups -OCH3 is 1. The second-order valence-electron chi connectivity index (χ2n) is 2.91. The first-order valence-corrected chi connectivity index (χ1v) is 5.68. The number of benzene rings is 1. The lowest BCUT2D eigenvalue weighted by molar-refractivity contribution is 0.104. The van der Waals surface area contributed by atoms with Crippen molar-refractivity contribution in [1.29, 1.82) is 0 Å². The molecule has 15 heavy (non-hydrogen) atoms. The smallest absolute Gasteiger partial charge is 0.198 e. The van der Waals surface area contributed by atoms with Gasteiger partial charge in [-0.15, -0.1) is 11.8 Å². The third-order valence-electron chi connectivity index (χ3n) is 1.92. The van der Waals surface area contributed by atoms with Gasteiger partial charge < -0.3 is 4.74 Å². The van der Waals surface area contributed by atoms with E-state index in [2.05, 4.69) is 6.58 Å². The minimum absolute atomic E-state index is 0.00972. The van der Waals surface area contributed by atoms with Crippen LogP contribution in [0.5, 0.6) is 5.75 Å². The lowest BCUT2D eigenvalue weighted by Gasteiger charge is -2.04. The zero-order chi connectivity index (χ0) is 11.3. The van der Waals surface area contributed by atoms with Gasteiger partial charge in [-0.05, 0) is 30.0 Å². The number of ketones is 1. The fourth-order valence-electron chi connectivity index (χ4n) is 1.14. The van der Waals surface area contributed by atoms with Gasteiger partial charge in [-0.25, -0.2) is 0 Å². The van der Waals surface area contributed by atoms with Crippen molar-refractivity contribution >= 4 is 17.5 Å². The van der Waals surface area contributed by atoms with Gasteiger partial charge in [-0.3, -0.25) is 4.79 Å². The highest BCUT2D eigenvalue weighted by Gasteiger charge is 2.09. The van der Waals surface area contributed by atoms with Crippen LogP contribution in [-0.4, -0.2) is 18.6 Å². The summed E-state index contributed by atoms with van der Waals surface area (Å²) in [4.78, 5) is 12.4. The number of rotatable bonds is 5. The maximum absolute atomic E-state index is 11.8. The molecule has 0 aliphatic carbocycles. The van der Waals surface area contributed by atoms with Gasteiger partial charge in [0.1, 0.15) is 5.75 Å². The van der Waals surface area contributed by atoms with E-state index < -0.39 is 0 Å². The van der Waals surface area contributed by atoms with Gasteiger partial charge in [0.25, 0.3) is 0 Å². The topological polar surface area (TPSA) is 26.3 Å². The van der Waals surface area contributed by atoms with Crippen molar-refractivity contribution in [1.82, 2.24) is 0 Å². The summed E-state index contributed by atoms with van der Waals surface area (Å²) in [6, 6.07) is 7.05. The van der Waals surface area contributed by atoms with E-state index in [0.29, 0.717) is 10.5 Å². The second kappa shape index (κ2) is 5.61. The van der Waals surface area contributed by atoms with Gasteiger partial charge in [-0.1, -0.05) is 13.5 Å². The minimum Gasteiger partial charge on any atom is -0.497 e. The molecule has 0 radical (unpaired) electrons. The van der Waals surface area contributed by atoms with Crippen molar-refractivity contribution in [2.75, 3.05) is 12.9 Å². The molecular weight excluding hydrogens is 208 g/mol. The van der Waals surface area contributed by atoms with Gasteiger partial charge in [0, 0.05) is 10.5 Å². The Bertz CT molecular complexity index is 354. The Labute approximate surface area is 94.3 Å². The minimum atomic E-state index is -0.00972. The summed E-state index contributed by atoms with van der Waals surface area (Å²) in [5, 5.41) is 0. The van der Waals surface area contributed by atoms with Crippen LogP contribution in [0.4, 0.5) is 0 Å². The molecule has 0 amide bonds. The number of Topliss-reactive ketones (excluding diaryl/α,β-unsaturated/α-hetero) is 1. The first kappa shape index (κ1) is 11.9. The van der Waals surface area contributed by atoms with E-state index in [0.717, 1.165) is 11.5 Å². The molecule has 80 valence electrons. The zero-order valence-electron chi connectivity index (χ0n) is 8.95. The predicted octanol–water partition coefficient (Wildman–Crippen LogP) is 3.14. The van der Waals surface area contributed by atoms with Crippen LogP contribution in [0, 0.1) is 0 Å². The maximum atomic E-state index is 11.8. The average molecular weight is 222 g/mol. The number of carbonyl (C=O) groups excluding carboxylic acids is 1. The molecule has 3 heteroatoms. The lowest BCUT2D eigenvalue weighted by Crippen LogP contribution is -1.99. The molecule has 2 nitrogen and oxygen atoms in total. The van der Waals surface area contributed by atoms with E-state index in [4.69, 9.17) is 4.74 Å². The Balaban J connectivity index is 2.78. The van der Waals surface area contributed by atoms with Gasteiger partial charge in [0.15, 0.2) is 5.78 Å². The number of ether oxygens (including phenoxy) is 1. The molecule has 0 saturated carbocycles. The quantitative estimate of drug-likeness (QED) is 0.565. The maximum Gasteiger partial charge on any atom is 0.198 e. The fraction of sp³-hybridized carbons (Fsp3) is 0.250. The monoisotopic (exact) mass is 222 g/mol. The largest absolute Gasteiger partial charge is 0.497 e. The molecule has 0 saturated heterocycles. The van der Waals surface area contributed by atoms with Gasteiger partial charge in [-0.2, -0.15) is 0 Å². The average Bonchev–Trinajstić information content (AvgIpc) is 2.28. The van der Waals surface area contributed by atoms with E-state index in [9.17, 15) is 4.79 Å². The van der Waals surface area contributed by atoms with Gasteiger partial charge in [0.2, 0.25) is 0 Å². The van der Waals surface area contributed by atoms with E-state index in [1.807, 2.05) is 6.92 Å². The first-order valence-electron chi connectivity index (χ1n) is 4.69. The Morgan fingerprint density at radius 3 is 2.47 bits per heavy atom. The highest BCUT2D eigenvalue weighted by molar-refractivity contribution is 8.03. The van der Waals surface area contributed by atoms with E-state index >= 15 is 0 Å². The van der Waals surface area contributed by atoms with Crippen LogP contribution in [0.2, 0.25) is 0 Å². The summed E-state index contributed by atoms with van der Waals surface area (Å²) >= 11 is 1.47. The summed E-state index contributed by atoms with van der Waals surface area (Å²) in [6.45, 7) is 5.74. The van der Waals surface area contributed by atoms with Crippen LogP contribution < -0.4 is 4.74 Å². The van der Waals surface area contributed by atoms with Crippen LogP contribution in [0.15, 0.2) is 35.7 Å². The van der Waals surface area contributed by atoms with Crippen molar-refractivity contribution in [2.24, 2.45) is 0 Å². The molecule has 0 heterocycles. The molecule has 0 unspecified atom stereocenters. The molecule has 0 spiro atoms. The predicted molar refractivity (Wildman–Crippen MR) is 64.6 cm³/mol. The zero-order valence-corrected chi connectivity index (χ0v) is 9.76. The van der Waals surface area contributed by atoms with Crippen LogP contribution in [0.25, 0.3) is 0 Å². The van der Waals surface area contributed by atoms with E-state index in [1.54, 1.807) is 31.4 Å². The molecule has 0 atom stereocenters. The number of hydrogen-bond donors (Lipinski definition) is 0. The number of allylic oxidation sites excluding steroid dienone is 1. The molecule has 0 N–H and O–H groups in total. The van der Waals surface area contributed by atoms with Crippen molar-refractivity contribution in [3.63, 3.8) is 0 Å². The van der Waals surface area contributed by atoms with Crippen LogP contribution in [0.1, 0.15) is 17.3 Å².